The normalized spacial score (nSPS) is 18.4. The van der Waals surface area contributed by atoms with E-state index in [1.165, 1.54) is 18.2 Å². The van der Waals surface area contributed by atoms with Crippen LogP contribution in [0.5, 0.6) is 0 Å². The summed E-state index contributed by atoms with van der Waals surface area (Å²) in [7, 11) is 0. The molecule has 0 bridgehead atoms. The van der Waals surface area contributed by atoms with Crippen LogP contribution in [0.3, 0.4) is 0 Å². The van der Waals surface area contributed by atoms with Gasteiger partial charge in [0.1, 0.15) is 11.6 Å². The summed E-state index contributed by atoms with van der Waals surface area (Å²) in [6.07, 6.45) is 3.09. The Kier molecular flexibility index (Phi) is 10.0. The van der Waals surface area contributed by atoms with Gasteiger partial charge in [0.05, 0.1) is 23.8 Å². The monoisotopic (exact) mass is 521 g/mol. The topological polar surface area (TPSA) is 70.0 Å². The first kappa shape index (κ1) is 28.3. The maximum atomic E-state index is 14.1. The summed E-state index contributed by atoms with van der Waals surface area (Å²) in [5, 5.41) is 20.0. The number of benzene rings is 2. The Balaban J connectivity index is 1.63. The van der Waals surface area contributed by atoms with Gasteiger partial charge in [0, 0.05) is 18.2 Å². The van der Waals surface area contributed by atoms with Gasteiger partial charge in [-0.25, -0.2) is 13.6 Å². The number of carbonyl (C=O) groups is 1. The molecular formula is C28H34ClF2NO4. The zero-order valence-electron chi connectivity index (χ0n) is 20.9. The van der Waals surface area contributed by atoms with Gasteiger partial charge in [-0.2, -0.15) is 0 Å². The molecule has 8 heteroatoms. The summed E-state index contributed by atoms with van der Waals surface area (Å²) in [5.41, 5.74) is 2.62. The summed E-state index contributed by atoms with van der Waals surface area (Å²) in [6, 6.07) is 8.18. The van der Waals surface area contributed by atoms with Gasteiger partial charge < -0.3 is 14.9 Å². The molecule has 2 aromatic carbocycles. The van der Waals surface area contributed by atoms with Gasteiger partial charge in [-0.3, -0.25) is 4.90 Å². The van der Waals surface area contributed by atoms with E-state index in [-0.39, 0.29) is 35.5 Å². The molecule has 3 atom stereocenters. The molecule has 1 aliphatic rings. The van der Waals surface area contributed by atoms with E-state index in [0.29, 0.717) is 29.7 Å². The van der Waals surface area contributed by atoms with Crippen LogP contribution in [0.2, 0.25) is 5.02 Å². The van der Waals surface area contributed by atoms with Crippen molar-refractivity contribution in [2.45, 2.75) is 64.7 Å². The number of ether oxygens (including phenoxy) is 1. The largest absolute Gasteiger partial charge is 0.478 e. The maximum Gasteiger partial charge on any atom is 0.331 e. The molecule has 36 heavy (non-hydrogen) atoms. The molecule has 1 heterocycles. The number of rotatable bonds is 11. The van der Waals surface area contributed by atoms with Crippen molar-refractivity contribution in [3.8, 4) is 0 Å². The van der Waals surface area contributed by atoms with Gasteiger partial charge in [0.15, 0.2) is 0 Å². The third-order valence-electron chi connectivity index (χ3n) is 6.74. The van der Waals surface area contributed by atoms with Crippen LogP contribution in [0.25, 0.3) is 6.08 Å². The summed E-state index contributed by atoms with van der Waals surface area (Å²) in [6.45, 7) is 6.52. The van der Waals surface area contributed by atoms with Crippen LogP contribution in [0.15, 0.2) is 35.9 Å². The van der Waals surface area contributed by atoms with Gasteiger partial charge in [-0.05, 0) is 92.6 Å². The van der Waals surface area contributed by atoms with E-state index in [1.807, 2.05) is 6.07 Å². The minimum Gasteiger partial charge on any atom is -0.478 e. The van der Waals surface area contributed by atoms with Crippen molar-refractivity contribution in [3.63, 3.8) is 0 Å². The molecule has 1 aliphatic heterocycles. The summed E-state index contributed by atoms with van der Waals surface area (Å²) < 4.78 is 34.0. The average Bonchev–Trinajstić information content (AvgIpc) is 3.26. The lowest BCUT2D eigenvalue weighted by atomic mass is 9.99. The average molecular weight is 522 g/mol. The SMILES string of the molecule is CCC(=Cc1cc(F)c(Cl)cc1[C@@H](C)OC[C@H](O)CN1CCC[C@H]1Cc1ccc(C)c(F)c1)C(=O)O. The smallest absolute Gasteiger partial charge is 0.331 e. The molecule has 0 radical (unpaired) electrons. The van der Waals surface area contributed by atoms with Crippen molar-refractivity contribution in [3.05, 3.63) is 74.8 Å². The van der Waals surface area contributed by atoms with Crippen LogP contribution in [0, 0.1) is 18.6 Å². The lowest BCUT2D eigenvalue weighted by Crippen LogP contribution is -2.39. The van der Waals surface area contributed by atoms with Crippen molar-refractivity contribution in [1.82, 2.24) is 4.90 Å². The Morgan fingerprint density at radius 2 is 2.03 bits per heavy atom. The lowest BCUT2D eigenvalue weighted by molar-refractivity contribution is -0.132. The van der Waals surface area contributed by atoms with Crippen LogP contribution >= 0.6 is 11.6 Å². The van der Waals surface area contributed by atoms with E-state index in [9.17, 15) is 23.8 Å². The van der Waals surface area contributed by atoms with Crippen LogP contribution in [-0.4, -0.2) is 52.9 Å². The predicted molar refractivity (Wildman–Crippen MR) is 137 cm³/mol. The van der Waals surface area contributed by atoms with Crippen LogP contribution in [0.1, 0.15) is 61.5 Å². The number of halogens is 3. The van der Waals surface area contributed by atoms with Gasteiger partial charge in [-0.1, -0.05) is 30.7 Å². The fraction of sp³-hybridized carbons (Fsp3) is 0.464. The predicted octanol–water partition coefficient (Wildman–Crippen LogP) is 5.95. The van der Waals surface area contributed by atoms with E-state index in [0.717, 1.165) is 24.9 Å². The zero-order valence-corrected chi connectivity index (χ0v) is 21.7. The van der Waals surface area contributed by atoms with Crippen LogP contribution in [-0.2, 0) is 16.0 Å². The number of aliphatic hydroxyl groups is 1. The van der Waals surface area contributed by atoms with Gasteiger partial charge in [0.25, 0.3) is 0 Å². The third-order valence-corrected chi connectivity index (χ3v) is 7.03. The number of nitrogens with zero attached hydrogens (tertiary/aromatic N) is 1. The van der Waals surface area contributed by atoms with Crippen molar-refractivity contribution < 1.29 is 28.5 Å². The number of aliphatic hydroxyl groups excluding tert-OH is 1. The molecule has 0 spiro atoms. The fourth-order valence-electron chi connectivity index (χ4n) is 4.63. The number of β-amino-alcohol motifs (C(OH)–C–C–N with tert-alkyl or cyclic N) is 1. The van der Waals surface area contributed by atoms with E-state index >= 15 is 0 Å². The Hall–Kier alpha value is -2.32. The quantitative estimate of drug-likeness (QED) is 0.358. The number of hydrogen-bond acceptors (Lipinski definition) is 4. The molecule has 196 valence electrons. The summed E-state index contributed by atoms with van der Waals surface area (Å²) in [5.74, 6) is -1.92. The highest BCUT2D eigenvalue weighted by atomic mass is 35.5. The number of aryl methyl sites for hydroxylation is 1. The molecule has 3 rings (SSSR count). The minimum atomic E-state index is -1.07. The Morgan fingerprint density at radius 3 is 2.69 bits per heavy atom. The first-order valence-electron chi connectivity index (χ1n) is 12.3. The number of likely N-dealkylation sites (tertiary alicyclic amines) is 1. The van der Waals surface area contributed by atoms with E-state index in [2.05, 4.69) is 4.90 Å². The van der Waals surface area contributed by atoms with Crippen molar-refractivity contribution in [1.29, 1.82) is 0 Å². The highest BCUT2D eigenvalue weighted by molar-refractivity contribution is 6.30. The molecule has 1 fully saturated rings. The second-order valence-electron chi connectivity index (χ2n) is 9.43. The minimum absolute atomic E-state index is 0.0429. The Bertz CT molecular complexity index is 1110. The number of aliphatic carboxylic acids is 1. The molecule has 0 aliphatic carbocycles. The first-order valence-corrected chi connectivity index (χ1v) is 12.7. The van der Waals surface area contributed by atoms with E-state index in [1.54, 1.807) is 32.9 Å². The second-order valence-corrected chi connectivity index (χ2v) is 9.84. The molecule has 0 saturated carbocycles. The Labute approximate surface area is 216 Å². The summed E-state index contributed by atoms with van der Waals surface area (Å²) in [4.78, 5) is 13.7. The molecule has 2 N–H and O–H groups in total. The molecular weight excluding hydrogens is 488 g/mol. The molecule has 2 aromatic rings. The Morgan fingerprint density at radius 1 is 1.28 bits per heavy atom. The first-order chi connectivity index (χ1) is 17.1. The molecule has 5 nitrogen and oxygen atoms in total. The molecule has 0 amide bonds. The standard InChI is InChI=1S/C28H34ClF2NO4/c1-4-20(28(34)35)12-21-13-27(31)25(29)14-24(21)18(3)36-16-23(33)15-32-9-5-6-22(32)10-19-8-7-17(2)26(30)11-19/h7-8,11-14,18,22-23,33H,4-6,9-10,15-16H2,1-3H3,(H,34,35)/t18-,22+,23-/m1/s1. The molecule has 0 unspecified atom stereocenters. The lowest BCUT2D eigenvalue weighted by Gasteiger charge is -2.27. The van der Waals surface area contributed by atoms with Crippen molar-refractivity contribution >= 4 is 23.6 Å². The van der Waals surface area contributed by atoms with E-state index in [4.69, 9.17) is 16.3 Å². The van der Waals surface area contributed by atoms with Crippen LogP contribution < -0.4 is 0 Å². The van der Waals surface area contributed by atoms with Gasteiger partial charge in [0.2, 0.25) is 0 Å². The third kappa shape index (κ3) is 7.35. The van der Waals surface area contributed by atoms with Gasteiger partial charge in [-0.15, -0.1) is 0 Å². The zero-order chi connectivity index (χ0) is 26.4. The highest BCUT2D eigenvalue weighted by Crippen LogP contribution is 2.30. The number of carboxylic acids is 1. The number of carboxylic acid groups (broad SMARTS) is 1. The van der Waals surface area contributed by atoms with Crippen LogP contribution in [0.4, 0.5) is 8.78 Å². The summed E-state index contributed by atoms with van der Waals surface area (Å²) >= 11 is 5.99. The maximum absolute atomic E-state index is 14.1. The van der Waals surface area contributed by atoms with Crippen molar-refractivity contribution in [2.24, 2.45) is 0 Å². The second kappa shape index (κ2) is 12.8. The number of hydrogen-bond donors (Lipinski definition) is 2. The van der Waals surface area contributed by atoms with Crippen molar-refractivity contribution in [2.75, 3.05) is 19.7 Å². The van der Waals surface area contributed by atoms with Gasteiger partial charge >= 0.3 is 5.97 Å². The highest BCUT2D eigenvalue weighted by Gasteiger charge is 2.27. The van der Waals surface area contributed by atoms with E-state index < -0.39 is 24.0 Å². The molecule has 0 aromatic heterocycles. The molecule has 1 saturated heterocycles. The fourth-order valence-corrected chi connectivity index (χ4v) is 4.80.